The summed E-state index contributed by atoms with van der Waals surface area (Å²) >= 11 is 0. The van der Waals surface area contributed by atoms with E-state index in [0.29, 0.717) is 5.92 Å². The van der Waals surface area contributed by atoms with Gasteiger partial charge in [-0.3, -0.25) is 0 Å². The highest BCUT2D eigenvalue weighted by Gasteiger charge is 2.45. The summed E-state index contributed by atoms with van der Waals surface area (Å²) in [7, 11) is 12.9. The van der Waals surface area contributed by atoms with Gasteiger partial charge in [0.25, 0.3) is 0 Å². The van der Waals surface area contributed by atoms with Crippen LogP contribution in [0.15, 0.2) is 0 Å². The van der Waals surface area contributed by atoms with E-state index in [9.17, 15) is 0 Å². The first-order valence-electron chi connectivity index (χ1n) is 6.90. The van der Waals surface area contributed by atoms with E-state index in [1.165, 1.54) is 38.5 Å². The first kappa shape index (κ1) is 12.6. The second-order valence-corrected chi connectivity index (χ2v) is 7.16. The van der Waals surface area contributed by atoms with Crippen molar-refractivity contribution in [1.29, 1.82) is 0 Å². The molecule has 0 spiro atoms. The fourth-order valence-electron chi connectivity index (χ4n) is 3.73. The van der Waals surface area contributed by atoms with Crippen LogP contribution >= 0.6 is 0 Å². The zero-order valence-corrected chi connectivity index (χ0v) is 11.1. The van der Waals surface area contributed by atoms with Gasteiger partial charge in [-0.2, -0.15) is 0 Å². The molecule has 0 bridgehead atoms. The van der Waals surface area contributed by atoms with E-state index in [4.69, 9.17) is 15.7 Å². The Morgan fingerprint density at radius 1 is 0.875 bits per heavy atom. The molecule has 2 rings (SSSR count). The van der Waals surface area contributed by atoms with Crippen molar-refractivity contribution in [3.63, 3.8) is 0 Å². The summed E-state index contributed by atoms with van der Waals surface area (Å²) < 4.78 is 0. The molecule has 0 aliphatic heterocycles. The van der Waals surface area contributed by atoms with Crippen LogP contribution in [0.5, 0.6) is 0 Å². The Balaban J connectivity index is 2.07. The molecule has 2 fully saturated rings. The molecule has 0 N–H and O–H groups in total. The summed E-state index contributed by atoms with van der Waals surface area (Å²) in [5.74, 6) is 2.38. The van der Waals surface area contributed by atoms with Gasteiger partial charge in [-0.25, -0.2) is 0 Å². The van der Waals surface area contributed by atoms with Crippen LogP contribution in [0.3, 0.4) is 0 Å². The largest absolute Gasteiger partial charge is 0.0916 e. The van der Waals surface area contributed by atoms with Gasteiger partial charge in [0.2, 0.25) is 0 Å². The highest BCUT2D eigenvalue weighted by atomic mass is 14.5. The van der Waals surface area contributed by atoms with E-state index in [2.05, 4.69) is 20.8 Å². The molecule has 0 saturated heterocycles. The Bertz CT molecular complexity index is 238. The molecule has 0 nitrogen and oxygen atoms in total. The monoisotopic (exact) mass is 214 g/mol. The molecule has 2 aliphatic carbocycles. The van der Waals surface area contributed by atoms with Crippen molar-refractivity contribution in [2.45, 2.75) is 64.5 Å². The Hall–Kier alpha value is 0.130. The van der Waals surface area contributed by atoms with Crippen molar-refractivity contribution in [3.8, 4) is 0 Å². The molecule has 86 valence electrons. The molecule has 2 aliphatic rings. The molecule has 16 heavy (non-hydrogen) atoms. The Morgan fingerprint density at radius 2 is 1.31 bits per heavy atom. The molecule has 2 atom stereocenters. The van der Waals surface area contributed by atoms with Crippen molar-refractivity contribution in [2.75, 3.05) is 0 Å². The molecule has 2 saturated carbocycles. The van der Waals surface area contributed by atoms with Crippen LogP contribution in [0.2, 0.25) is 5.21 Å². The van der Waals surface area contributed by atoms with Crippen molar-refractivity contribution < 1.29 is 0 Å². The summed E-state index contributed by atoms with van der Waals surface area (Å²) in [5, 5.41) is -0.496. The number of fused-ring (bicyclic) bond motifs is 1. The minimum absolute atomic E-state index is 0.00512. The SMILES string of the molecule is [B]C([B])(C1CC2CCCCC2C1)C(C)(C)C. The van der Waals surface area contributed by atoms with Gasteiger partial charge in [-0.1, -0.05) is 57.6 Å². The van der Waals surface area contributed by atoms with Crippen molar-refractivity contribution >= 4 is 15.7 Å². The van der Waals surface area contributed by atoms with Gasteiger partial charge < -0.3 is 0 Å². The average molecular weight is 214 g/mol. The van der Waals surface area contributed by atoms with Gasteiger partial charge >= 0.3 is 0 Å². The van der Waals surface area contributed by atoms with Crippen LogP contribution in [0.1, 0.15) is 59.3 Å². The van der Waals surface area contributed by atoms with E-state index >= 15 is 0 Å². The zero-order chi connectivity index (χ0) is 12.0. The number of rotatable bonds is 1. The second kappa shape index (κ2) is 4.10. The smallest absolute Gasteiger partial charge is 0.0631 e. The molecular formula is C14H24B2. The van der Waals surface area contributed by atoms with Gasteiger partial charge in [-0.15, -0.1) is 0 Å². The first-order chi connectivity index (χ1) is 7.32. The minimum atomic E-state index is -0.496. The van der Waals surface area contributed by atoms with E-state index in [0.717, 1.165) is 11.8 Å². The lowest BCUT2D eigenvalue weighted by Gasteiger charge is -2.45. The standard InChI is InChI=1S/C14H24B2/c1-13(2,3)14(15,16)12-8-10-6-4-5-7-11(10)9-12/h10-12H,4-9H2,1-3H3. The third kappa shape index (κ3) is 2.09. The van der Waals surface area contributed by atoms with Crippen molar-refractivity contribution in [3.05, 3.63) is 0 Å². The van der Waals surface area contributed by atoms with E-state index in [-0.39, 0.29) is 5.41 Å². The summed E-state index contributed by atoms with van der Waals surface area (Å²) in [5.41, 5.74) is 0.00512. The van der Waals surface area contributed by atoms with Gasteiger partial charge in [0.15, 0.2) is 0 Å². The van der Waals surface area contributed by atoms with Crippen LogP contribution in [0, 0.1) is 23.2 Å². The van der Waals surface area contributed by atoms with Crippen LogP contribution in [0.4, 0.5) is 0 Å². The summed E-state index contributed by atoms with van der Waals surface area (Å²) in [6, 6.07) is 0. The Morgan fingerprint density at radius 3 is 1.69 bits per heavy atom. The van der Waals surface area contributed by atoms with Crippen LogP contribution in [-0.4, -0.2) is 15.7 Å². The third-order valence-electron chi connectivity index (χ3n) is 5.22. The Kier molecular flexibility index (Phi) is 3.23. The van der Waals surface area contributed by atoms with Gasteiger partial charge in [0, 0.05) is 0 Å². The fourth-order valence-corrected chi connectivity index (χ4v) is 3.73. The van der Waals surface area contributed by atoms with E-state index in [1.807, 2.05) is 0 Å². The first-order valence-corrected chi connectivity index (χ1v) is 6.90. The number of hydrogen-bond acceptors (Lipinski definition) is 0. The third-order valence-corrected chi connectivity index (χ3v) is 5.22. The predicted octanol–water partition coefficient (Wildman–Crippen LogP) is 3.70. The normalized spacial score (nSPS) is 36.1. The fraction of sp³-hybridized carbons (Fsp3) is 1.00. The summed E-state index contributed by atoms with van der Waals surface area (Å²) in [4.78, 5) is 0. The molecule has 0 aromatic rings. The maximum absolute atomic E-state index is 6.43. The minimum Gasteiger partial charge on any atom is -0.0916 e. The molecule has 0 heterocycles. The lowest BCUT2D eigenvalue weighted by molar-refractivity contribution is 0.254. The molecule has 2 unspecified atom stereocenters. The summed E-state index contributed by atoms with van der Waals surface area (Å²) in [6.07, 6.45) is 8.23. The predicted molar refractivity (Wildman–Crippen MR) is 71.8 cm³/mol. The molecule has 4 radical (unpaired) electrons. The highest BCUT2D eigenvalue weighted by Crippen LogP contribution is 2.57. The molecule has 2 heteroatoms. The second-order valence-electron chi connectivity index (χ2n) is 7.16. The van der Waals surface area contributed by atoms with Gasteiger partial charge in [0.1, 0.15) is 0 Å². The molecule has 0 aromatic heterocycles. The molecular weight excluding hydrogens is 190 g/mol. The molecule has 0 aromatic carbocycles. The zero-order valence-electron chi connectivity index (χ0n) is 11.1. The average Bonchev–Trinajstić information content (AvgIpc) is 2.59. The van der Waals surface area contributed by atoms with Crippen LogP contribution in [0.25, 0.3) is 0 Å². The lowest BCUT2D eigenvalue weighted by Crippen LogP contribution is -2.36. The topological polar surface area (TPSA) is 0 Å². The van der Waals surface area contributed by atoms with Crippen molar-refractivity contribution in [2.24, 2.45) is 23.2 Å². The van der Waals surface area contributed by atoms with E-state index < -0.39 is 5.21 Å². The molecule has 0 amide bonds. The van der Waals surface area contributed by atoms with Crippen molar-refractivity contribution in [1.82, 2.24) is 0 Å². The lowest BCUT2D eigenvalue weighted by atomic mass is 9.38. The highest BCUT2D eigenvalue weighted by molar-refractivity contribution is 6.40. The van der Waals surface area contributed by atoms with Crippen LogP contribution in [-0.2, 0) is 0 Å². The maximum atomic E-state index is 6.43. The van der Waals surface area contributed by atoms with Gasteiger partial charge in [0.05, 0.1) is 15.7 Å². The van der Waals surface area contributed by atoms with Gasteiger partial charge in [-0.05, 0) is 30.1 Å². The van der Waals surface area contributed by atoms with E-state index in [1.54, 1.807) is 0 Å². The quantitative estimate of drug-likeness (QED) is 0.583. The number of hydrogen-bond donors (Lipinski definition) is 0. The Labute approximate surface area is 104 Å². The summed E-state index contributed by atoms with van der Waals surface area (Å²) in [6.45, 7) is 6.53. The maximum Gasteiger partial charge on any atom is 0.0631 e. The van der Waals surface area contributed by atoms with Crippen LogP contribution < -0.4 is 0 Å².